The molecule has 1 heterocycles. The Labute approximate surface area is 100 Å². The van der Waals surface area contributed by atoms with Gasteiger partial charge in [0.1, 0.15) is 0 Å². The highest BCUT2D eigenvalue weighted by Crippen LogP contribution is 2.36. The Morgan fingerprint density at radius 2 is 2.19 bits per heavy atom. The third kappa shape index (κ3) is 3.89. The molecule has 0 aromatic carbocycles. The fourth-order valence-corrected chi connectivity index (χ4v) is 2.43. The van der Waals surface area contributed by atoms with Crippen LogP contribution in [0, 0.1) is 10.8 Å². The molecule has 2 nitrogen and oxygen atoms in total. The molecule has 0 unspecified atom stereocenters. The molecule has 0 amide bonds. The zero-order valence-corrected chi connectivity index (χ0v) is 11.1. The van der Waals surface area contributed by atoms with E-state index in [-0.39, 0.29) is 11.0 Å². The Balaban J connectivity index is 2.40. The highest BCUT2D eigenvalue weighted by molar-refractivity contribution is 5.61. The quantitative estimate of drug-likeness (QED) is 0.648. The van der Waals surface area contributed by atoms with E-state index in [9.17, 15) is 0 Å². The highest BCUT2D eigenvalue weighted by Gasteiger charge is 2.32. The third-order valence-electron chi connectivity index (χ3n) is 3.98. The van der Waals surface area contributed by atoms with Crippen LogP contribution < -0.4 is 0 Å². The summed E-state index contributed by atoms with van der Waals surface area (Å²) in [5.74, 6) is 0. The topological polar surface area (TPSA) is 33.1 Å². The molecule has 2 atom stereocenters. The van der Waals surface area contributed by atoms with Gasteiger partial charge in [-0.2, -0.15) is 0 Å². The van der Waals surface area contributed by atoms with E-state index in [0.29, 0.717) is 0 Å². The van der Waals surface area contributed by atoms with E-state index in [2.05, 4.69) is 20.8 Å². The maximum atomic E-state index is 7.61. The van der Waals surface area contributed by atoms with E-state index >= 15 is 0 Å². The van der Waals surface area contributed by atoms with Crippen LogP contribution in [0.5, 0.6) is 0 Å². The van der Waals surface area contributed by atoms with Gasteiger partial charge in [-0.1, -0.05) is 26.7 Å². The monoisotopic (exact) mass is 225 g/mol. The second-order valence-electron chi connectivity index (χ2n) is 5.80. The molecule has 0 spiro atoms. The minimum absolute atomic E-state index is 0.0883. The van der Waals surface area contributed by atoms with Crippen LogP contribution in [0.25, 0.3) is 0 Å². The van der Waals surface area contributed by atoms with E-state index in [4.69, 9.17) is 10.1 Å². The molecule has 1 rings (SSSR count). The van der Waals surface area contributed by atoms with Crippen LogP contribution in [0.3, 0.4) is 0 Å². The molecule has 0 aliphatic carbocycles. The summed E-state index contributed by atoms with van der Waals surface area (Å²) >= 11 is 0. The van der Waals surface area contributed by atoms with Crippen LogP contribution in [0.1, 0.15) is 65.7 Å². The van der Waals surface area contributed by atoms with E-state index in [0.717, 1.165) is 25.9 Å². The first kappa shape index (κ1) is 13.7. The lowest BCUT2D eigenvalue weighted by Gasteiger charge is -2.30. The molecule has 16 heavy (non-hydrogen) atoms. The molecular weight excluding hydrogens is 198 g/mol. The minimum Gasteiger partial charge on any atom is -0.375 e. The minimum atomic E-state index is 0.0883. The summed E-state index contributed by atoms with van der Waals surface area (Å²) in [6.07, 6.45) is 9.82. The van der Waals surface area contributed by atoms with Crippen molar-refractivity contribution in [2.45, 2.75) is 71.3 Å². The van der Waals surface area contributed by atoms with Gasteiger partial charge in [0.05, 0.1) is 5.60 Å². The fourth-order valence-electron chi connectivity index (χ4n) is 2.43. The lowest BCUT2D eigenvalue weighted by Crippen LogP contribution is -2.27. The van der Waals surface area contributed by atoms with Crippen molar-refractivity contribution in [2.24, 2.45) is 5.41 Å². The van der Waals surface area contributed by atoms with Gasteiger partial charge >= 0.3 is 0 Å². The van der Waals surface area contributed by atoms with Gasteiger partial charge in [0, 0.05) is 18.2 Å². The van der Waals surface area contributed by atoms with Gasteiger partial charge in [-0.3, -0.25) is 0 Å². The molecule has 1 fully saturated rings. The average molecular weight is 225 g/mol. The molecule has 0 radical (unpaired) electrons. The highest BCUT2D eigenvalue weighted by atomic mass is 16.5. The van der Waals surface area contributed by atoms with Crippen LogP contribution in [0.15, 0.2) is 0 Å². The molecule has 0 bridgehead atoms. The second kappa shape index (κ2) is 5.81. The Bertz CT molecular complexity index is 221. The molecule has 1 aliphatic rings. The summed E-state index contributed by atoms with van der Waals surface area (Å²) in [5.41, 5.74) is 0.182. The van der Waals surface area contributed by atoms with Crippen molar-refractivity contribution in [3.05, 3.63) is 0 Å². The van der Waals surface area contributed by atoms with Gasteiger partial charge in [-0.25, -0.2) is 0 Å². The Kier molecular flexibility index (Phi) is 4.97. The first-order chi connectivity index (χ1) is 7.54. The van der Waals surface area contributed by atoms with Crippen LogP contribution in [0.4, 0.5) is 0 Å². The summed E-state index contributed by atoms with van der Waals surface area (Å²) in [6, 6.07) is 0. The van der Waals surface area contributed by atoms with Gasteiger partial charge in [-0.15, -0.1) is 0 Å². The van der Waals surface area contributed by atoms with Crippen molar-refractivity contribution >= 4 is 6.21 Å². The van der Waals surface area contributed by atoms with Crippen LogP contribution in [0.2, 0.25) is 0 Å². The summed E-state index contributed by atoms with van der Waals surface area (Å²) < 4.78 is 5.81. The Hall–Kier alpha value is -0.370. The van der Waals surface area contributed by atoms with Crippen LogP contribution >= 0.6 is 0 Å². The zero-order chi connectivity index (χ0) is 12.1. The van der Waals surface area contributed by atoms with E-state index in [1.165, 1.54) is 25.7 Å². The number of hydrogen-bond acceptors (Lipinski definition) is 2. The Morgan fingerprint density at radius 3 is 2.69 bits per heavy atom. The van der Waals surface area contributed by atoms with Gasteiger partial charge in [-0.05, 0) is 39.0 Å². The molecule has 0 aromatic heterocycles. The van der Waals surface area contributed by atoms with Gasteiger partial charge < -0.3 is 10.1 Å². The number of ether oxygens (including phenoxy) is 1. The smallest absolute Gasteiger partial charge is 0.0655 e. The summed E-state index contributed by atoms with van der Waals surface area (Å²) in [6.45, 7) is 7.58. The summed E-state index contributed by atoms with van der Waals surface area (Å²) in [5, 5.41) is 7.61. The van der Waals surface area contributed by atoms with Crippen LogP contribution in [-0.2, 0) is 4.74 Å². The largest absolute Gasteiger partial charge is 0.375 e. The number of hydrogen-bond donors (Lipinski definition) is 1. The van der Waals surface area contributed by atoms with E-state index in [1.54, 1.807) is 6.21 Å². The van der Waals surface area contributed by atoms with Crippen molar-refractivity contribution in [2.75, 3.05) is 6.61 Å². The second-order valence-corrected chi connectivity index (χ2v) is 5.80. The van der Waals surface area contributed by atoms with Crippen molar-refractivity contribution < 1.29 is 4.74 Å². The lowest BCUT2D eigenvalue weighted by molar-refractivity contribution is 0.00642. The molecule has 1 saturated heterocycles. The van der Waals surface area contributed by atoms with Gasteiger partial charge in [0.2, 0.25) is 0 Å². The molecule has 94 valence electrons. The number of unbranched alkanes of at least 4 members (excludes halogenated alkanes) is 1. The third-order valence-corrected chi connectivity index (χ3v) is 3.98. The molecule has 0 aromatic rings. The molecule has 2 heteroatoms. The van der Waals surface area contributed by atoms with E-state index < -0.39 is 0 Å². The SMILES string of the molecule is CCCC[C@](C)(C=N)CC[C@]1(C)CCCO1. The molecule has 1 aliphatic heterocycles. The Morgan fingerprint density at radius 1 is 1.44 bits per heavy atom. The van der Waals surface area contributed by atoms with E-state index in [1.807, 2.05) is 0 Å². The summed E-state index contributed by atoms with van der Waals surface area (Å²) in [4.78, 5) is 0. The standard InChI is InChI=1S/C14H27NO/c1-4-5-7-13(2,12-15)9-10-14(3)8-6-11-16-14/h12,15H,4-11H2,1-3H3/t13-,14-/m0/s1. The lowest BCUT2D eigenvalue weighted by atomic mass is 9.78. The van der Waals surface area contributed by atoms with Crippen LogP contribution in [-0.4, -0.2) is 18.4 Å². The maximum Gasteiger partial charge on any atom is 0.0655 e. The first-order valence-corrected chi connectivity index (χ1v) is 6.69. The molecule has 1 N–H and O–H groups in total. The predicted molar refractivity (Wildman–Crippen MR) is 69.2 cm³/mol. The average Bonchev–Trinajstić information content (AvgIpc) is 2.72. The fraction of sp³-hybridized carbons (Fsp3) is 0.929. The van der Waals surface area contributed by atoms with Gasteiger partial charge in [0.15, 0.2) is 0 Å². The number of rotatable bonds is 7. The van der Waals surface area contributed by atoms with Crippen molar-refractivity contribution in [1.29, 1.82) is 5.41 Å². The zero-order valence-electron chi connectivity index (χ0n) is 11.1. The molecular formula is C14H27NO. The van der Waals surface area contributed by atoms with Crippen molar-refractivity contribution in [3.8, 4) is 0 Å². The normalized spacial score (nSPS) is 28.9. The van der Waals surface area contributed by atoms with Gasteiger partial charge in [0.25, 0.3) is 0 Å². The summed E-state index contributed by atoms with van der Waals surface area (Å²) in [7, 11) is 0. The predicted octanol–water partition coefficient (Wildman–Crippen LogP) is 4.18. The maximum absolute atomic E-state index is 7.61. The number of nitrogens with one attached hydrogen (secondary N) is 1. The molecule has 0 saturated carbocycles. The first-order valence-electron chi connectivity index (χ1n) is 6.69. The van der Waals surface area contributed by atoms with Crippen molar-refractivity contribution in [3.63, 3.8) is 0 Å². The van der Waals surface area contributed by atoms with Crippen molar-refractivity contribution in [1.82, 2.24) is 0 Å².